The van der Waals surface area contributed by atoms with Crippen LogP contribution in [0, 0.1) is 5.82 Å². The molecule has 0 atom stereocenters. The van der Waals surface area contributed by atoms with Crippen LogP contribution in [0.5, 0.6) is 5.75 Å². The highest BCUT2D eigenvalue weighted by molar-refractivity contribution is 7.16. The standard InChI is InChI=1S/C20H21FN2O3S/c1-3-26-16-8-9-17-18(13-16)27-20(23(17)10-11-25-2)22-19(24)12-14-4-6-15(21)7-5-14/h4-9,13H,3,10-12H2,1-2H3. The third kappa shape index (κ3) is 4.81. The Morgan fingerprint density at radius 1 is 1.22 bits per heavy atom. The minimum atomic E-state index is -0.324. The summed E-state index contributed by atoms with van der Waals surface area (Å²) >= 11 is 1.44. The monoisotopic (exact) mass is 388 g/mol. The molecule has 5 nitrogen and oxygen atoms in total. The van der Waals surface area contributed by atoms with E-state index in [1.54, 1.807) is 19.2 Å². The van der Waals surface area contributed by atoms with Gasteiger partial charge in [-0.1, -0.05) is 23.5 Å². The van der Waals surface area contributed by atoms with Crippen LogP contribution in [0.15, 0.2) is 47.5 Å². The third-order valence-electron chi connectivity index (χ3n) is 3.97. The summed E-state index contributed by atoms with van der Waals surface area (Å²) < 4.78 is 26.7. The van der Waals surface area contributed by atoms with Gasteiger partial charge in [0.15, 0.2) is 4.80 Å². The molecule has 1 amide bonds. The first-order valence-electron chi connectivity index (χ1n) is 8.68. The summed E-state index contributed by atoms with van der Waals surface area (Å²) in [5, 5.41) is 0. The van der Waals surface area contributed by atoms with E-state index in [1.807, 2.05) is 29.7 Å². The molecule has 7 heteroatoms. The number of hydrogen-bond donors (Lipinski definition) is 0. The summed E-state index contributed by atoms with van der Waals surface area (Å²) in [5.74, 6) is 0.189. The van der Waals surface area contributed by atoms with Gasteiger partial charge in [0, 0.05) is 13.7 Å². The van der Waals surface area contributed by atoms with Gasteiger partial charge in [-0.3, -0.25) is 4.79 Å². The van der Waals surface area contributed by atoms with Crippen LogP contribution in [0.4, 0.5) is 4.39 Å². The number of methoxy groups -OCH3 is 1. The molecule has 0 aliphatic carbocycles. The number of rotatable bonds is 7. The highest BCUT2D eigenvalue weighted by atomic mass is 32.1. The zero-order valence-corrected chi connectivity index (χ0v) is 16.1. The Kier molecular flexibility index (Phi) is 6.36. The fourth-order valence-corrected chi connectivity index (χ4v) is 3.82. The van der Waals surface area contributed by atoms with Gasteiger partial charge in [0.05, 0.1) is 29.9 Å². The maximum atomic E-state index is 13.0. The second-order valence-corrected chi connectivity index (χ2v) is 6.91. The third-order valence-corrected chi connectivity index (χ3v) is 5.01. The van der Waals surface area contributed by atoms with Crippen molar-refractivity contribution in [3.8, 4) is 5.75 Å². The van der Waals surface area contributed by atoms with Gasteiger partial charge in [-0.2, -0.15) is 4.99 Å². The Hall–Kier alpha value is -2.51. The number of ether oxygens (including phenoxy) is 2. The number of nitrogens with zero attached hydrogens (tertiary/aromatic N) is 2. The first-order chi connectivity index (χ1) is 13.1. The van der Waals surface area contributed by atoms with Gasteiger partial charge in [0.25, 0.3) is 5.91 Å². The largest absolute Gasteiger partial charge is 0.494 e. The van der Waals surface area contributed by atoms with Crippen molar-refractivity contribution >= 4 is 27.5 Å². The lowest BCUT2D eigenvalue weighted by Crippen LogP contribution is -2.19. The maximum absolute atomic E-state index is 13.0. The zero-order chi connectivity index (χ0) is 19.2. The molecule has 3 rings (SSSR count). The van der Waals surface area contributed by atoms with Crippen molar-refractivity contribution in [3.05, 3.63) is 58.6 Å². The number of carbonyl (C=O) groups is 1. The lowest BCUT2D eigenvalue weighted by atomic mass is 10.1. The molecule has 0 unspecified atom stereocenters. The van der Waals surface area contributed by atoms with Crippen LogP contribution in [0.25, 0.3) is 10.2 Å². The van der Waals surface area contributed by atoms with Gasteiger partial charge in [-0.05, 0) is 42.8 Å². The van der Waals surface area contributed by atoms with E-state index in [0.29, 0.717) is 24.6 Å². The summed E-state index contributed by atoms with van der Waals surface area (Å²) in [5.41, 5.74) is 1.71. The van der Waals surface area contributed by atoms with Crippen LogP contribution in [0.2, 0.25) is 0 Å². The predicted octanol–water partition coefficient (Wildman–Crippen LogP) is 3.56. The van der Waals surface area contributed by atoms with Gasteiger partial charge in [-0.25, -0.2) is 4.39 Å². The maximum Gasteiger partial charge on any atom is 0.252 e. The SMILES string of the molecule is CCOc1ccc2c(c1)sc(=NC(=O)Cc1ccc(F)cc1)n2CCOC. The van der Waals surface area contributed by atoms with Crippen molar-refractivity contribution in [2.45, 2.75) is 19.9 Å². The van der Waals surface area contributed by atoms with Gasteiger partial charge < -0.3 is 14.0 Å². The van der Waals surface area contributed by atoms with E-state index in [-0.39, 0.29) is 18.1 Å². The number of thiazole rings is 1. The molecule has 27 heavy (non-hydrogen) atoms. The second kappa shape index (κ2) is 8.92. The molecule has 0 N–H and O–H groups in total. The number of amides is 1. The normalized spacial score (nSPS) is 11.9. The number of aromatic nitrogens is 1. The Morgan fingerprint density at radius 2 is 2.00 bits per heavy atom. The van der Waals surface area contributed by atoms with Gasteiger partial charge >= 0.3 is 0 Å². The summed E-state index contributed by atoms with van der Waals surface area (Å²) in [7, 11) is 1.64. The van der Waals surface area contributed by atoms with Crippen LogP contribution in [0.3, 0.4) is 0 Å². The minimum Gasteiger partial charge on any atom is -0.494 e. The van der Waals surface area contributed by atoms with Crippen LogP contribution in [0.1, 0.15) is 12.5 Å². The fraction of sp³-hybridized carbons (Fsp3) is 0.300. The van der Waals surface area contributed by atoms with Crippen molar-refractivity contribution < 1.29 is 18.7 Å². The molecule has 0 bridgehead atoms. The van der Waals surface area contributed by atoms with Crippen molar-refractivity contribution in [1.82, 2.24) is 4.57 Å². The molecule has 0 radical (unpaired) electrons. The first kappa shape index (κ1) is 19.3. The molecule has 0 saturated heterocycles. The highest BCUT2D eigenvalue weighted by Crippen LogP contribution is 2.23. The van der Waals surface area contributed by atoms with E-state index in [9.17, 15) is 9.18 Å². The van der Waals surface area contributed by atoms with Crippen LogP contribution < -0.4 is 9.54 Å². The Labute approximate surface area is 160 Å². The van der Waals surface area contributed by atoms with E-state index >= 15 is 0 Å². The molecular formula is C20H21FN2O3S. The molecule has 1 aromatic heterocycles. The van der Waals surface area contributed by atoms with Crippen LogP contribution >= 0.6 is 11.3 Å². The number of benzene rings is 2. The van der Waals surface area contributed by atoms with Gasteiger partial charge in [0.2, 0.25) is 0 Å². The summed E-state index contributed by atoms with van der Waals surface area (Å²) in [6.07, 6.45) is 0.128. The number of hydrogen-bond acceptors (Lipinski definition) is 4. The van der Waals surface area contributed by atoms with E-state index < -0.39 is 0 Å². The molecule has 3 aromatic rings. The lowest BCUT2D eigenvalue weighted by molar-refractivity contribution is -0.117. The molecule has 0 fully saturated rings. The Morgan fingerprint density at radius 3 is 2.70 bits per heavy atom. The predicted molar refractivity (Wildman–Crippen MR) is 104 cm³/mol. The molecule has 0 saturated carbocycles. The summed E-state index contributed by atoms with van der Waals surface area (Å²) in [6, 6.07) is 11.7. The quantitative estimate of drug-likeness (QED) is 0.622. The molecule has 0 spiro atoms. The van der Waals surface area contributed by atoms with E-state index in [0.717, 1.165) is 21.5 Å². The van der Waals surface area contributed by atoms with Crippen molar-refractivity contribution in [2.75, 3.05) is 20.3 Å². The van der Waals surface area contributed by atoms with Crippen molar-refractivity contribution in [3.63, 3.8) is 0 Å². The Balaban J connectivity index is 1.95. The molecule has 0 aliphatic heterocycles. The fourth-order valence-electron chi connectivity index (χ4n) is 2.72. The smallest absolute Gasteiger partial charge is 0.252 e. The first-order valence-corrected chi connectivity index (χ1v) is 9.49. The average Bonchev–Trinajstić information content (AvgIpc) is 2.98. The number of halogens is 1. The van der Waals surface area contributed by atoms with Crippen molar-refractivity contribution in [2.24, 2.45) is 4.99 Å². The van der Waals surface area contributed by atoms with Crippen LogP contribution in [-0.2, 0) is 22.5 Å². The van der Waals surface area contributed by atoms with Crippen molar-refractivity contribution in [1.29, 1.82) is 0 Å². The topological polar surface area (TPSA) is 52.8 Å². The van der Waals surface area contributed by atoms with E-state index in [1.165, 1.54) is 23.5 Å². The summed E-state index contributed by atoms with van der Waals surface area (Å²) in [4.78, 5) is 17.3. The Bertz CT molecular complexity index is 993. The molecule has 142 valence electrons. The lowest BCUT2D eigenvalue weighted by Gasteiger charge is -2.06. The molecule has 2 aromatic carbocycles. The van der Waals surface area contributed by atoms with Crippen LogP contribution in [-0.4, -0.2) is 30.8 Å². The molecule has 1 heterocycles. The number of fused-ring (bicyclic) bond motifs is 1. The van der Waals surface area contributed by atoms with Gasteiger partial charge in [-0.15, -0.1) is 0 Å². The highest BCUT2D eigenvalue weighted by Gasteiger charge is 2.10. The average molecular weight is 388 g/mol. The molecule has 0 aliphatic rings. The van der Waals surface area contributed by atoms with E-state index in [2.05, 4.69) is 4.99 Å². The minimum absolute atomic E-state index is 0.128. The van der Waals surface area contributed by atoms with E-state index in [4.69, 9.17) is 9.47 Å². The molecular weight excluding hydrogens is 367 g/mol. The zero-order valence-electron chi connectivity index (χ0n) is 15.3. The summed E-state index contributed by atoms with van der Waals surface area (Å²) in [6.45, 7) is 3.63. The van der Waals surface area contributed by atoms with Gasteiger partial charge in [0.1, 0.15) is 11.6 Å². The second-order valence-electron chi connectivity index (χ2n) is 5.90. The number of carbonyl (C=O) groups excluding carboxylic acids is 1.